The molecule has 0 radical (unpaired) electrons. The number of ether oxygens (including phenoxy) is 1. The first-order valence-electron chi connectivity index (χ1n) is 7.04. The van der Waals surface area contributed by atoms with Gasteiger partial charge in [0.1, 0.15) is 5.75 Å². The van der Waals surface area contributed by atoms with E-state index in [9.17, 15) is 0 Å². The highest BCUT2D eigenvalue weighted by Crippen LogP contribution is 2.32. The fourth-order valence-corrected chi connectivity index (χ4v) is 3.63. The van der Waals surface area contributed by atoms with Crippen LogP contribution in [0.3, 0.4) is 0 Å². The van der Waals surface area contributed by atoms with E-state index in [4.69, 9.17) is 9.72 Å². The Morgan fingerprint density at radius 2 is 1.86 bits per heavy atom. The standard InChI is InChI=1S/C16H20N2OS.ClH/c1-18-9-7-13(8-10-18)16-17-15(11-20-16)12-3-5-14(19-2)6-4-12;/h3-6,11,13H,7-10H2,1-2H3;1H. The fourth-order valence-electron chi connectivity index (χ4n) is 2.63. The molecular formula is C16H21ClN2OS. The third-order valence-electron chi connectivity index (χ3n) is 3.98. The largest absolute Gasteiger partial charge is 0.497 e. The molecule has 2 aromatic rings. The number of aromatic nitrogens is 1. The van der Waals surface area contributed by atoms with Crippen molar-refractivity contribution in [2.75, 3.05) is 27.2 Å². The highest BCUT2D eigenvalue weighted by molar-refractivity contribution is 7.10. The molecule has 1 aliphatic heterocycles. The second-order valence-corrected chi connectivity index (χ2v) is 6.27. The summed E-state index contributed by atoms with van der Waals surface area (Å²) < 4.78 is 5.19. The van der Waals surface area contributed by atoms with E-state index in [-0.39, 0.29) is 12.4 Å². The summed E-state index contributed by atoms with van der Waals surface area (Å²) in [7, 11) is 3.89. The molecule has 3 rings (SSSR count). The average Bonchev–Trinajstić information content (AvgIpc) is 2.98. The van der Waals surface area contributed by atoms with Gasteiger partial charge in [-0.25, -0.2) is 4.98 Å². The molecular weight excluding hydrogens is 304 g/mol. The van der Waals surface area contributed by atoms with Crippen molar-refractivity contribution in [2.24, 2.45) is 0 Å². The Morgan fingerprint density at radius 1 is 1.19 bits per heavy atom. The Bertz CT molecular complexity index is 562. The molecule has 1 saturated heterocycles. The summed E-state index contributed by atoms with van der Waals surface area (Å²) in [6.07, 6.45) is 2.46. The number of likely N-dealkylation sites (tertiary alicyclic amines) is 1. The molecule has 1 aromatic carbocycles. The van der Waals surface area contributed by atoms with Crippen LogP contribution in [0.2, 0.25) is 0 Å². The topological polar surface area (TPSA) is 25.4 Å². The maximum absolute atomic E-state index is 5.19. The molecule has 0 saturated carbocycles. The molecule has 114 valence electrons. The van der Waals surface area contributed by atoms with Gasteiger partial charge in [0.25, 0.3) is 0 Å². The summed E-state index contributed by atoms with van der Waals surface area (Å²) in [5.41, 5.74) is 2.26. The van der Waals surface area contributed by atoms with E-state index in [1.54, 1.807) is 18.4 Å². The van der Waals surface area contributed by atoms with Crippen molar-refractivity contribution in [3.63, 3.8) is 0 Å². The van der Waals surface area contributed by atoms with Crippen molar-refractivity contribution < 1.29 is 4.74 Å². The number of methoxy groups -OCH3 is 1. The quantitative estimate of drug-likeness (QED) is 0.851. The molecule has 3 nitrogen and oxygen atoms in total. The Hall–Kier alpha value is -1.10. The number of thiazole rings is 1. The number of hydrogen-bond donors (Lipinski definition) is 0. The summed E-state index contributed by atoms with van der Waals surface area (Å²) in [5, 5.41) is 3.47. The van der Waals surface area contributed by atoms with Crippen LogP contribution in [0.4, 0.5) is 0 Å². The van der Waals surface area contributed by atoms with Crippen molar-refractivity contribution in [3.8, 4) is 17.0 Å². The van der Waals surface area contributed by atoms with Gasteiger partial charge in [-0.15, -0.1) is 23.7 Å². The number of hydrogen-bond acceptors (Lipinski definition) is 4. The van der Waals surface area contributed by atoms with E-state index >= 15 is 0 Å². The molecule has 1 fully saturated rings. The molecule has 21 heavy (non-hydrogen) atoms. The van der Waals surface area contributed by atoms with Gasteiger partial charge >= 0.3 is 0 Å². The van der Waals surface area contributed by atoms with Crippen LogP contribution in [0, 0.1) is 0 Å². The predicted molar refractivity (Wildman–Crippen MR) is 90.8 cm³/mol. The van der Waals surface area contributed by atoms with Gasteiger partial charge in [0.15, 0.2) is 0 Å². The molecule has 0 N–H and O–H groups in total. The van der Waals surface area contributed by atoms with Gasteiger partial charge in [0.05, 0.1) is 17.8 Å². The van der Waals surface area contributed by atoms with Crippen molar-refractivity contribution in [2.45, 2.75) is 18.8 Å². The first kappa shape index (κ1) is 16.3. The Kier molecular flexibility index (Phi) is 5.62. The highest BCUT2D eigenvalue weighted by atomic mass is 35.5. The molecule has 0 unspecified atom stereocenters. The Morgan fingerprint density at radius 3 is 2.48 bits per heavy atom. The SMILES string of the molecule is COc1ccc(-c2csc(C3CCN(C)CC3)n2)cc1.Cl. The normalized spacial score (nSPS) is 16.5. The molecule has 5 heteroatoms. The van der Waals surface area contributed by atoms with Crippen LogP contribution in [-0.2, 0) is 0 Å². The van der Waals surface area contributed by atoms with Crippen molar-refractivity contribution >= 4 is 23.7 Å². The third kappa shape index (κ3) is 3.76. The van der Waals surface area contributed by atoms with Crippen LogP contribution in [0.25, 0.3) is 11.3 Å². The summed E-state index contributed by atoms with van der Waals surface area (Å²) in [6, 6.07) is 8.13. The molecule has 0 spiro atoms. The van der Waals surface area contributed by atoms with Crippen molar-refractivity contribution in [1.82, 2.24) is 9.88 Å². The molecule has 0 atom stereocenters. The Labute approximate surface area is 136 Å². The highest BCUT2D eigenvalue weighted by Gasteiger charge is 2.21. The van der Waals surface area contributed by atoms with Crippen molar-refractivity contribution in [1.29, 1.82) is 0 Å². The van der Waals surface area contributed by atoms with Gasteiger partial charge in [0, 0.05) is 16.9 Å². The zero-order valence-electron chi connectivity index (χ0n) is 12.4. The fraction of sp³-hybridized carbons (Fsp3) is 0.438. The van der Waals surface area contributed by atoms with Gasteiger partial charge in [0.2, 0.25) is 0 Å². The number of nitrogens with zero attached hydrogens (tertiary/aromatic N) is 2. The molecule has 0 bridgehead atoms. The summed E-state index contributed by atoms with van der Waals surface area (Å²) in [6.45, 7) is 2.37. The van der Waals surface area contributed by atoms with Gasteiger partial charge in [-0.1, -0.05) is 0 Å². The second kappa shape index (κ2) is 7.25. The monoisotopic (exact) mass is 324 g/mol. The van der Waals surface area contributed by atoms with Crippen molar-refractivity contribution in [3.05, 3.63) is 34.7 Å². The van der Waals surface area contributed by atoms with E-state index in [2.05, 4.69) is 29.5 Å². The van der Waals surface area contributed by atoms with Gasteiger partial charge in [-0.3, -0.25) is 0 Å². The number of halogens is 1. The molecule has 1 aromatic heterocycles. The van der Waals surface area contributed by atoms with Crippen LogP contribution in [0.5, 0.6) is 5.75 Å². The lowest BCUT2D eigenvalue weighted by Gasteiger charge is -2.27. The van der Waals surface area contributed by atoms with Crippen LogP contribution < -0.4 is 4.74 Å². The minimum absolute atomic E-state index is 0. The number of rotatable bonds is 3. The second-order valence-electron chi connectivity index (χ2n) is 5.38. The maximum atomic E-state index is 5.19. The van der Waals surface area contributed by atoms with Gasteiger partial charge in [-0.05, 0) is 57.2 Å². The lowest BCUT2D eigenvalue weighted by Crippen LogP contribution is -2.29. The minimum Gasteiger partial charge on any atom is -0.497 e. The van der Waals surface area contributed by atoms with Crippen LogP contribution in [0.1, 0.15) is 23.8 Å². The van der Waals surface area contributed by atoms with Crippen LogP contribution >= 0.6 is 23.7 Å². The molecule has 1 aliphatic rings. The number of benzene rings is 1. The molecule has 2 heterocycles. The van der Waals surface area contributed by atoms with E-state index in [0.29, 0.717) is 5.92 Å². The first-order valence-corrected chi connectivity index (χ1v) is 7.92. The lowest BCUT2D eigenvalue weighted by atomic mass is 9.98. The van der Waals surface area contributed by atoms with E-state index in [1.807, 2.05) is 12.1 Å². The van der Waals surface area contributed by atoms with E-state index in [0.717, 1.165) is 11.4 Å². The van der Waals surface area contributed by atoms with E-state index in [1.165, 1.54) is 36.5 Å². The van der Waals surface area contributed by atoms with Gasteiger partial charge in [-0.2, -0.15) is 0 Å². The smallest absolute Gasteiger partial charge is 0.118 e. The zero-order valence-corrected chi connectivity index (χ0v) is 14.0. The molecule has 0 aliphatic carbocycles. The minimum atomic E-state index is 0. The Balaban J connectivity index is 0.00000161. The first-order chi connectivity index (χ1) is 9.76. The van der Waals surface area contributed by atoms with E-state index < -0.39 is 0 Å². The zero-order chi connectivity index (χ0) is 13.9. The summed E-state index contributed by atoms with van der Waals surface area (Å²) >= 11 is 1.80. The number of piperidine rings is 1. The third-order valence-corrected chi connectivity index (χ3v) is 4.98. The van der Waals surface area contributed by atoms with Gasteiger partial charge < -0.3 is 9.64 Å². The maximum Gasteiger partial charge on any atom is 0.118 e. The van der Waals surface area contributed by atoms with Crippen LogP contribution in [-0.4, -0.2) is 37.1 Å². The summed E-state index contributed by atoms with van der Waals surface area (Å²) in [5.74, 6) is 1.53. The summed E-state index contributed by atoms with van der Waals surface area (Å²) in [4.78, 5) is 7.24. The molecule has 0 amide bonds. The van der Waals surface area contributed by atoms with Crippen LogP contribution in [0.15, 0.2) is 29.6 Å². The predicted octanol–water partition coefficient (Wildman–Crippen LogP) is 4.05. The average molecular weight is 325 g/mol. The lowest BCUT2D eigenvalue weighted by molar-refractivity contribution is 0.255.